The third-order valence-corrected chi connectivity index (χ3v) is 5.48. The van der Waals surface area contributed by atoms with Gasteiger partial charge in [0, 0.05) is 0 Å². The van der Waals surface area contributed by atoms with Crippen LogP contribution < -0.4 is 5.32 Å². The molecule has 0 atom stereocenters. The third kappa shape index (κ3) is 4.23. The molecule has 1 heterocycles. The normalized spacial score (nSPS) is 16.4. The van der Waals surface area contributed by atoms with Gasteiger partial charge >= 0.3 is 5.97 Å². The minimum Gasteiger partial charge on any atom is -0.467 e. The van der Waals surface area contributed by atoms with Crippen LogP contribution in [0.3, 0.4) is 0 Å². The van der Waals surface area contributed by atoms with Gasteiger partial charge in [0.25, 0.3) is 5.76 Å². The summed E-state index contributed by atoms with van der Waals surface area (Å²) in [6, 6.07) is 6.94. The van der Waals surface area contributed by atoms with E-state index in [-0.39, 0.29) is 11.7 Å². The summed E-state index contributed by atoms with van der Waals surface area (Å²) >= 11 is 0.296. The molecule has 1 amide bonds. The van der Waals surface area contributed by atoms with Gasteiger partial charge in [-0.3, -0.25) is 4.79 Å². The van der Waals surface area contributed by atoms with Crippen LogP contribution in [-0.2, 0) is 20.9 Å². The number of thioether (sulfide) groups is 1. The summed E-state index contributed by atoms with van der Waals surface area (Å²) in [5.74, 6) is -3.54. The van der Waals surface area contributed by atoms with Gasteiger partial charge in [-0.15, -0.1) is 0 Å². The van der Waals surface area contributed by atoms with Gasteiger partial charge in [0.05, 0.1) is 18.1 Å². The Labute approximate surface area is 159 Å². The molecule has 146 valence electrons. The molecular weight excluding hydrogens is 376 g/mol. The molecule has 1 aromatic carbocycles. The Hall–Kier alpha value is -2.16. The summed E-state index contributed by atoms with van der Waals surface area (Å²) in [7, 11) is 1.30. The van der Waals surface area contributed by atoms with E-state index in [1.165, 1.54) is 11.7 Å². The zero-order valence-corrected chi connectivity index (χ0v) is 15.7. The van der Waals surface area contributed by atoms with Crippen molar-refractivity contribution in [3.8, 4) is 0 Å². The van der Waals surface area contributed by atoms with Gasteiger partial charge in [0.15, 0.2) is 5.16 Å². The van der Waals surface area contributed by atoms with Gasteiger partial charge in [-0.05, 0) is 36.7 Å². The van der Waals surface area contributed by atoms with Crippen molar-refractivity contribution in [1.82, 2.24) is 14.9 Å². The lowest BCUT2D eigenvalue weighted by atomic mass is 9.81. The molecule has 27 heavy (non-hydrogen) atoms. The van der Waals surface area contributed by atoms with Crippen LogP contribution in [0.1, 0.15) is 32.1 Å². The van der Waals surface area contributed by atoms with E-state index in [9.17, 15) is 18.4 Å². The highest BCUT2D eigenvalue weighted by Crippen LogP contribution is 2.31. The van der Waals surface area contributed by atoms with Crippen molar-refractivity contribution in [2.75, 3.05) is 7.11 Å². The van der Waals surface area contributed by atoms with Crippen LogP contribution in [0.15, 0.2) is 29.4 Å². The van der Waals surface area contributed by atoms with Gasteiger partial charge in [-0.2, -0.15) is 8.78 Å². The number of halogens is 2. The number of amides is 1. The highest BCUT2D eigenvalue weighted by atomic mass is 32.2. The van der Waals surface area contributed by atoms with Crippen LogP contribution >= 0.6 is 11.8 Å². The topological polar surface area (TPSA) is 73.2 Å². The number of alkyl halides is 2. The smallest absolute Gasteiger partial charge is 0.331 e. The number of carbonyl (C=O) groups excluding carboxylic acids is 2. The molecule has 0 spiro atoms. The molecule has 1 saturated carbocycles. The Kier molecular flexibility index (Phi) is 5.98. The Balaban J connectivity index is 1.85. The number of aromatic nitrogens is 2. The molecule has 0 radical (unpaired) electrons. The summed E-state index contributed by atoms with van der Waals surface area (Å²) in [5.41, 5.74) is 0.0802. The number of methoxy groups -OCH3 is 1. The number of para-hydroxylation sites is 2. The maximum absolute atomic E-state index is 12.9. The molecule has 1 aliphatic rings. The second-order valence-electron chi connectivity index (χ2n) is 6.53. The van der Waals surface area contributed by atoms with Crippen LogP contribution in [0.4, 0.5) is 8.78 Å². The average Bonchev–Trinajstić information content (AvgIpc) is 2.98. The Morgan fingerprint density at radius 2 is 2.00 bits per heavy atom. The molecule has 1 N–H and O–H groups in total. The van der Waals surface area contributed by atoms with E-state index in [1.807, 2.05) is 0 Å². The highest BCUT2D eigenvalue weighted by Gasteiger charge is 2.42. The van der Waals surface area contributed by atoms with Gasteiger partial charge in [0.2, 0.25) is 5.91 Å². The number of benzene rings is 1. The molecule has 1 aromatic heterocycles. The molecule has 3 rings (SSSR count). The Bertz CT molecular complexity index is 834. The van der Waals surface area contributed by atoms with E-state index in [0.717, 1.165) is 19.3 Å². The van der Waals surface area contributed by atoms with E-state index in [2.05, 4.69) is 10.3 Å². The van der Waals surface area contributed by atoms with E-state index in [1.54, 1.807) is 24.3 Å². The second-order valence-corrected chi connectivity index (χ2v) is 7.49. The summed E-state index contributed by atoms with van der Waals surface area (Å²) in [5, 5.41) is 2.87. The fourth-order valence-electron chi connectivity index (χ4n) is 3.56. The molecule has 0 aliphatic heterocycles. The molecule has 1 aliphatic carbocycles. The minimum absolute atomic E-state index is 0.0668. The molecule has 0 saturated heterocycles. The van der Waals surface area contributed by atoms with Gasteiger partial charge < -0.3 is 14.6 Å². The molecule has 6 nitrogen and oxygen atoms in total. The van der Waals surface area contributed by atoms with E-state index >= 15 is 0 Å². The van der Waals surface area contributed by atoms with Crippen LogP contribution in [-0.4, -0.2) is 39.8 Å². The molecule has 0 unspecified atom stereocenters. The number of esters is 1. The van der Waals surface area contributed by atoms with Gasteiger partial charge in [0.1, 0.15) is 12.1 Å². The van der Waals surface area contributed by atoms with Crippen molar-refractivity contribution in [2.45, 2.75) is 55.1 Å². The second kappa shape index (κ2) is 8.24. The SMILES string of the molecule is COC(=O)C1(NC(=O)Cn2c(SC(F)F)nc3ccccc32)CCCCC1. The maximum Gasteiger partial charge on any atom is 0.331 e. The molecule has 2 aromatic rings. The Morgan fingerprint density at radius 3 is 2.67 bits per heavy atom. The predicted molar refractivity (Wildman–Crippen MR) is 97.6 cm³/mol. The summed E-state index contributed by atoms with van der Waals surface area (Å²) < 4.78 is 32.2. The van der Waals surface area contributed by atoms with Gasteiger partial charge in [-0.25, -0.2) is 9.78 Å². The predicted octanol–water partition coefficient (Wildman–Crippen LogP) is 3.34. The highest BCUT2D eigenvalue weighted by molar-refractivity contribution is 7.99. The average molecular weight is 397 g/mol. The summed E-state index contributed by atoms with van der Waals surface area (Å²) in [6.07, 6.45) is 3.64. The number of carbonyl (C=O) groups is 2. The molecule has 1 fully saturated rings. The number of hydrogen-bond donors (Lipinski definition) is 1. The maximum atomic E-state index is 12.9. The quantitative estimate of drug-likeness (QED) is 0.598. The van der Waals surface area contributed by atoms with Crippen LogP contribution in [0.25, 0.3) is 11.0 Å². The van der Waals surface area contributed by atoms with E-state index < -0.39 is 23.2 Å². The van der Waals surface area contributed by atoms with Crippen LogP contribution in [0.5, 0.6) is 0 Å². The number of imidazole rings is 1. The lowest BCUT2D eigenvalue weighted by molar-refractivity contribution is -0.152. The zero-order chi connectivity index (χ0) is 19.4. The number of ether oxygens (including phenoxy) is 1. The van der Waals surface area contributed by atoms with Crippen molar-refractivity contribution >= 4 is 34.7 Å². The molecular formula is C18H21F2N3O3S. The molecule has 9 heteroatoms. The fourth-order valence-corrected chi connectivity index (χ4v) is 4.16. The fraction of sp³-hybridized carbons (Fsp3) is 0.500. The number of hydrogen-bond acceptors (Lipinski definition) is 5. The monoisotopic (exact) mass is 397 g/mol. The lowest BCUT2D eigenvalue weighted by Crippen LogP contribution is -2.56. The zero-order valence-electron chi connectivity index (χ0n) is 14.9. The standard InChI is InChI=1S/C18H21F2N3O3S/c1-26-15(25)18(9-5-2-6-10-18)22-14(24)11-23-13-8-4-3-7-12(13)21-17(23)27-16(19)20/h3-4,7-8,16H,2,5-6,9-11H2,1H3,(H,22,24). The number of fused-ring (bicyclic) bond motifs is 1. The van der Waals surface area contributed by atoms with Crippen molar-refractivity contribution in [3.63, 3.8) is 0 Å². The van der Waals surface area contributed by atoms with Crippen molar-refractivity contribution < 1.29 is 23.1 Å². The molecule has 0 bridgehead atoms. The van der Waals surface area contributed by atoms with Crippen LogP contribution in [0, 0.1) is 0 Å². The first-order valence-electron chi connectivity index (χ1n) is 8.75. The number of nitrogens with one attached hydrogen (secondary N) is 1. The largest absolute Gasteiger partial charge is 0.467 e. The van der Waals surface area contributed by atoms with E-state index in [4.69, 9.17) is 4.74 Å². The summed E-state index contributed by atoms with van der Waals surface area (Å²) in [6.45, 7) is -0.200. The first-order valence-corrected chi connectivity index (χ1v) is 9.63. The number of nitrogens with zero attached hydrogens (tertiary/aromatic N) is 2. The lowest BCUT2D eigenvalue weighted by Gasteiger charge is -2.35. The van der Waals surface area contributed by atoms with Crippen molar-refractivity contribution in [1.29, 1.82) is 0 Å². The third-order valence-electron chi connectivity index (χ3n) is 4.78. The summed E-state index contributed by atoms with van der Waals surface area (Å²) in [4.78, 5) is 29.2. The van der Waals surface area contributed by atoms with Crippen molar-refractivity contribution in [3.05, 3.63) is 24.3 Å². The first kappa shape index (κ1) is 19.6. The van der Waals surface area contributed by atoms with E-state index in [0.29, 0.717) is 35.6 Å². The van der Waals surface area contributed by atoms with Crippen LogP contribution in [0.2, 0.25) is 0 Å². The minimum atomic E-state index is -2.65. The number of rotatable bonds is 6. The van der Waals surface area contributed by atoms with Crippen molar-refractivity contribution in [2.24, 2.45) is 0 Å². The first-order chi connectivity index (χ1) is 12.9. The van der Waals surface area contributed by atoms with Gasteiger partial charge in [-0.1, -0.05) is 31.4 Å². The Morgan fingerprint density at radius 1 is 1.30 bits per heavy atom.